The minimum absolute atomic E-state index is 0.107. The first-order valence-corrected chi connectivity index (χ1v) is 11.8. The lowest BCUT2D eigenvalue weighted by Gasteiger charge is -2.26. The predicted molar refractivity (Wildman–Crippen MR) is 140 cm³/mol. The number of hydrogen-bond donors (Lipinski definition) is 1. The number of barbiturate groups is 1. The van der Waals surface area contributed by atoms with Gasteiger partial charge < -0.3 is 4.74 Å². The standard InChI is InChI=1S/C28H17Cl2FN2O4/c29-23-13-16(12-22-26(34)32-28(36)33(27(22)35)20-10-8-19(31)9-11-20)14-24(30)25(23)37-15-18-6-3-5-17-4-1-2-7-21(17)18/h1-14H,15H2,(H,32,34,36)/b22-12+. The van der Waals surface area contributed by atoms with Crippen LogP contribution in [0.2, 0.25) is 10.0 Å². The first-order chi connectivity index (χ1) is 17.8. The van der Waals surface area contributed by atoms with E-state index >= 15 is 0 Å². The maximum atomic E-state index is 13.3. The molecule has 4 aromatic carbocycles. The van der Waals surface area contributed by atoms with Gasteiger partial charge in [-0.2, -0.15) is 0 Å². The molecule has 1 aliphatic rings. The van der Waals surface area contributed by atoms with Crippen molar-refractivity contribution in [2.24, 2.45) is 0 Å². The number of nitrogens with one attached hydrogen (secondary N) is 1. The number of benzene rings is 4. The minimum atomic E-state index is -0.938. The summed E-state index contributed by atoms with van der Waals surface area (Å²) in [6.07, 6.45) is 1.27. The van der Waals surface area contributed by atoms with Gasteiger partial charge in [-0.25, -0.2) is 14.1 Å². The molecule has 4 amide bonds. The molecular formula is C28H17Cl2FN2O4. The summed E-state index contributed by atoms with van der Waals surface area (Å²) in [6, 6.07) is 20.6. The zero-order valence-corrected chi connectivity index (χ0v) is 20.5. The summed E-state index contributed by atoms with van der Waals surface area (Å²) in [4.78, 5) is 38.5. The topological polar surface area (TPSA) is 75.7 Å². The van der Waals surface area contributed by atoms with E-state index in [1.165, 1.54) is 30.3 Å². The highest BCUT2D eigenvalue weighted by Gasteiger charge is 2.36. The van der Waals surface area contributed by atoms with Crippen LogP contribution >= 0.6 is 23.2 Å². The van der Waals surface area contributed by atoms with Crippen molar-refractivity contribution in [3.05, 3.63) is 111 Å². The Labute approximate surface area is 220 Å². The average molecular weight is 535 g/mol. The van der Waals surface area contributed by atoms with E-state index < -0.39 is 23.7 Å². The fourth-order valence-electron chi connectivity index (χ4n) is 4.02. The second kappa shape index (κ2) is 10.0. The monoisotopic (exact) mass is 534 g/mol. The van der Waals surface area contributed by atoms with Crippen LogP contribution in [-0.2, 0) is 16.2 Å². The van der Waals surface area contributed by atoms with Crippen molar-refractivity contribution in [2.45, 2.75) is 6.61 Å². The number of halogens is 3. The van der Waals surface area contributed by atoms with E-state index in [2.05, 4.69) is 5.32 Å². The molecule has 0 atom stereocenters. The fraction of sp³-hybridized carbons (Fsp3) is 0.0357. The summed E-state index contributed by atoms with van der Waals surface area (Å²) in [7, 11) is 0. The Hall–Kier alpha value is -4.20. The maximum Gasteiger partial charge on any atom is 0.335 e. The van der Waals surface area contributed by atoms with E-state index in [0.717, 1.165) is 33.4 Å². The molecule has 0 bridgehead atoms. The van der Waals surface area contributed by atoms with Crippen LogP contribution in [0.15, 0.2) is 84.4 Å². The van der Waals surface area contributed by atoms with E-state index in [0.29, 0.717) is 5.56 Å². The van der Waals surface area contributed by atoms with E-state index in [-0.39, 0.29) is 33.7 Å². The molecule has 4 aromatic rings. The highest BCUT2D eigenvalue weighted by atomic mass is 35.5. The highest BCUT2D eigenvalue weighted by Crippen LogP contribution is 2.36. The van der Waals surface area contributed by atoms with E-state index in [4.69, 9.17) is 27.9 Å². The Morgan fingerprint density at radius 3 is 2.30 bits per heavy atom. The van der Waals surface area contributed by atoms with E-state index in [1.807, 2.05) is 42.5 Å². The molecule has 1 aliphatic heterocycles. The van der Waals surface area contributed by atoms with Gasteiger partial charge in [-0.3, -0.25) is 14.9 Å². The van der Waals surface area contributed by atoms with Crippen LogP contribution in [0.5, 0.6) is 5.75 Å². The van der Waals surface area contributed by atoms with Gasteiger partial charge in [0.1, 0.15) is 18.0 Å². The molecular weight excluding hydrogens is 518 g/mol. The lowest BCUT2D eigenvalue weighted by molar-refractivity contribution is -0.122. The van der Waals surface area contributed by atoms with Crippen molar-refractivity contribution in [3.8, 4) is 5.75 Å². The Morgan fingerprint density at radius 2 is 1.57 bits per heavy atom. The number of imide groups is 2. The number of rotatable bonds is 5. The summed E-state index contributed by atoms with van der Waals surface area (Å²) in [5.74, 6) is -2.03. The summed E-state index contributed by atoms with van der Waals surface area (Å²) in [5.41, 5.74) is 1.09. The molecule has 6 nitrogen and oxygen atoms in total. The molecule has 1 N–H and O–H groups in total. The number of urea groups is 1. The second-order valence-corrected chi connectivity index (χ2v) is 8.99. The van der Waals surface area contributed by atoms with Crippen LogP contribution in [0.4, 0.5) is 14.9 Å². The van der Waals surface area contributed by atoms with Crippen molar-refractivity contribution < 1.29 is 23.5 Å². The largest absolute Gasteiger partial charge is 0.486 e. The summed E-state index contributed by atoms with van der Waals surface area (Å²) >= 11 is 12.9. The number of hydrogen-bond acceptors (Lipinski definition) is 4. The first-order valence-electron chi connectivity index (χ1n) is 11.1. The van der Waals surface area contributed by atoms with Gasteiger partial charge in [-0.05, 0) is 64.4 Å². The lowest BCUT2D eigenvalue weighted by atomic mass is 10.1. The van der Waals surface area contributed by atoms with Crippen molar-refractivity contribution in [2.75, 3.05) is 4.90 Å². The molecule has 37 heavy (non-hydrogen) atoms. The number of fused-ring (bicyclic) bond motifs is 1. The number of anilines is 1. The smallest absolute Gasteiger partial charge is 0.335 e. The summed E-state index contributed by atoms with van der Waals surface area (Å²) in [6.45, 7) is 0.219. The lowest BCUT2D eigenvalue weighted by Crippen LogP contribution is -2.54. The summed E-state index contributed by atoms with van der Waals surface area (Å²) < 4.78 is 19.2. The van der Waals surface area contributed by atoms with Gasteiger partial charge in [0.2, 0.25) is 0 Å². The molecule has 1 saturated heterocycles. The Bertz CT molecular complexity index is 1570. The molecule has 184 valence electrons. The van der Waals surface area contributed by atoms with Gasteiger partial charge in [-0.15, -0.1) is 0 Å². The van der Waals surface area contributed by atoms with Crippen LogP contribution < -0.4 is 15.0 Å². The average Bonchev–Trinajstić information content (AvgIpc) is 2.87. The van der Waals surface area contributed by atoms with Crippen molar-refractivity contribution in [1.29, 1.82) is 0 Å². The number of nitrogens with zero attached hydrogens (tertiary/aromatic N) is 1. The van der Waals surface area contributed by atoms with Crippen LogP contribution in [-0.4, -0.2) is 17.8 Å². The minimum Gasteiger partial charge on any atom is -0.486 e. The number of ether oxygens (including phenoxy) is 1. The number of carbonyl (C=O) groups excluding carboxylic acids is 3. The molecule has 0 aromatic heterocycles. The van der Waals surface area contributed by atoms with Crippen LogP contribution in [0, 0.1) is 5.82 Å². The number of amides is 4. The molecule has 0 radical (unpaired) electrons. The van der Waals surface area contributed by atoms with Gasteiger partial charge in [0.15, 0.2) is 5.75 Å². The first kappa shape index (κ1) is 24.5. The van der Waals surface area contributed by atoms with Crippen molar-refractivity contribution in [3.63, 3.8) is 0 Å². The molecule has 0 aliphatic carbocycles. The highest BCUT2D eigenvalue weighted by molar-refractivity contribution is 6.40. The number of carbonyl (C=O) groups is 3. The molecule has 0 spiro atoms. The van der Waals surface area contributed by atoms with E-state index in [9.17, 15) is 18.8 Å². The predicted octanol–water partition coefficient (Wildman–Crippen LogP) is 6.53. The molecule has 0 saturated carbocycles. The maximum absolute atomic E-state index is 13.3. The van der Waals surface area contributed by atoms with Gasteiger partial charge in [0, 0.05) is 0 Å². The van der Waals surface area contributed by atoms with Crippen molar-refractivity contribution >= 4 is 63.6 Å². The summed E-state index contributed by atoms with van der Waals surface area (Å²) in [5, 5.41) is 4.58. The van der Waals surface area contributed by atoms with Gasteiger partial charge in [0.05, 0.1) is 15.7 Å². The van der Waals surface area contributed by atoms with Gasteiger partial charge in [0.25, 0.3) is 11.8 Å². The van der Waals surface area contributed by atoms with Gasteiger partial charge >= 0.3 is 6.03 Å². The SMILES string of the molecule is O=C1NC(=O)N(c2ccc(F)cc2)C(=O)/C1=C/c1cc(Cl)c(OCc2cccc3ccccc23)c(Cl)c1. The molecule has 1 fully saturated rings. The van der Waals surface area contributed by atoms with Crippen LogP contribution in [0.25, 0.3) is 16.8 Å². The Kier molecular flexibility index (Phi) is 6.65. The molecule has 5 rings (SSSR count). The third-order valence-electron chi connectivity index (χ3n) is 5.77. The normalized spacial score (nSPS) is 14.8. The molecule has 1 heterocycles. The van der Waals surface area contributed by atoms with E-state index in [1.54, 1.807) is 0 Å². The Morgan fingerprint density at radius 1 is 0.892 bits per heavy atom. The molecule has 0 unspecified atom stereocenters. The Balaban J connectivity index is 1.41. The second-order valence-electron chi connectivity index (χ2n) is 8.17. The van der Waals surface area contributed by atoms with Crippen LogP contribution in [0.1, 0.15) is 11.1 Å². The molecule has 9 heteroatoms. The van der Waals surface area contributed by atoms with Gasteiger partial charge in [-0.1, -0.05) is 65.7 Å². The van der Waals surface area contributed by atoms with Crippen LogP contribution in [0.3, 0.4) is 0 Å². The zero-order chi connectivity index (χ0) is 26.1. The fourth-order valence-corrected chi connectivity index (χ4v) is 4.63. The third kappa shape index (κ3) is 4.91. The zero-order valence-electron chi connectivity index (χ0n) is 19.0. The quantitative estimate of drug-likeness (QED) is 0.233. The third-order valence-corrected chi connectivity index (χ3v) is 6.33. The van der Waals surface area contributed by atoms with Crippen molar-refractivity contribution in [1.82, 2.24) is 5.32 Å².